The number of carbonyl (C=O) groups excluding carboxylic acids is 1. The molecular weight excluding hydrogens is 316 g/mol. The van der Waals surface area contributed by atoms with Crippen molar-refractivity contribution in [2.24, 2.45) is 0 Å². The molecule has 1 aromatic heterocycles. The van der Waals surface area contributed by atoms with Gasteiger partial charge in [-0.1, -0.05) is 6.92 Å². The first-order valence-corrected chi connectivity index (χ1v) is 8.68. The highest BCUT2D eigenvalue weighted by Gasteiger charge is 2.22. The number of hydrogen-bond donors (Lipinski definition) is 2. The summed E-state index contributed by atoms with van der Waals surface area (Å²) >= 11 is 0. The highest BCUT2D eigenvalue weighted by Crippen LogP contribution is 2.36. The summed E-state index contributed by atoms with van der Waals surface area (Å²) in [6, 6.07) is 5.75. The summed E-state index contributed by atoms with van der Waals surface area (Å²) in [5, 5.41) is 6.16. The van der Waals surface area contributed by atoms with Crippen LogP contribution in [0.15, 0.2) is 24.5 Å². The van der Waals surface area contributed by atoms with Crippen molar-refractivity contribution < 1.29 is 9.53 Å². The molecule has 1 fully saturated rings. The van der Waals surface area contributed by atoms with Gasteiger partial charge in [-0.25, -0.2) is 9.97 Å². The maximum absolute atomic E-state index is 11.9. The molecule has 1 saturated heterocycles. The van der Waals surface area contributed by atoms with E-state index in [2.05, 4.69) is 20.6 Å². The number of aryl methyl sites for hydroxylation is 2. The zero-order valence-corrected chi connectivity index (χ0v) is 14.9. The highest BCUT2D eigenvalue weighted by molar-refractivity contribution is 5.92. The largest absolute Gasteiger partial charge is 0.487 e. The lowest BCUT2D eigenvalue weighted by molar-refractivity contribution is -0.116. The summed E-state index contributed by atoms with van der Waals surface area (Å²) in [7, 11) is 0. The topological polar surface area (TPSA) is 76.1 Å². The Morgan fingerprint density at radius 1 is 1.28 bits per heavy atom. The van der Waals surface area contributed by atoms with Crippen LogP contribution in [0.25, 0.3) is 11.1 Å². The predicted molar refractivity (Wildman–Crippen MR) is 97.8 cm³/mol. The number of ether oxygens (including phenoxy) is 1. The highest BCUT2D eigenvalue weighted by atomic mass is 16.5. The Morgan fingerprint density at radius 3 is 2.60 bits per heavy atom. The molecular formula is C19H24N4O2. The second kappa shape index (κ2) is 7.61. The van der Waals surface area contributed by atoms with Gasteiger partial charge in [0.25, 0.3) is 0 Å². The lowest BCUT2D eigenvalue weighted by Gasteiger charge is -2.29. The molecule has 2 aromatic rings. The van der Waals surface area contributed by atoms with Crippen molar-refractivity contribution in [3.8, 4) is 16.9 Å². The molecule has 1 aliphatic heterocycles. The number of amides is 1. The fraction of sp³-hybridized carbons (Fsp3) is 0.421. The van der Waals surface area contributed by atoms with Crippen molar-refractivity contribution in [2.75, 3.05) is 18.4 Å². The Kier molecular flexibility index (Phi) is 5.28. The standard InChI is InChI=1S/C19H24N4O2/c1-4-5-18(24)23-14-6-7-17(25-15-9-20-10-15)16(8-14)19-12(2)21-11-22-13(19)3/h6-8,11,15,20H,4-5,9-10H2,1-3H3,(H,23,24). The maximum Gasteiger partial charge on any atom is 0.224 e. The molecule has 2 heterocycles. The van der Waals surface area contributed by atoms with E-state index >= 15 is 0 Å². The van der Waals surface area contributed by atoms with Crippen LogP contribution in [-0.4, -0.2) is 35.1 Å². The van der Waals surface area contributed by atoms with E-state index in [1.165, 1.54) is 0 Å². The summed E-state index contributed by atoms with van der Waals surface area (Å²) in [6.07, 6.45) is 3.06. The summed E-state index contributed by atoms with van der Waals surface area (Å²) in [5.41, 5.74) is 4.41. The van der Waals surface area contributed by atoms with Gasteiger partial charge in [-0.05, 0) is 38.5 Å². The average molecular weight is 340 g/mol. The van der Waals surface area contributed by atoms with Crippen molar-refractivity contribution in [2.45, 2.75) is 39.7 Å². The van der Waals surface area contributed by atoms with E-state index < -0.39 is 0 Å². The third-order valence-electron chi connectivity index (χ3n) is 4.27. The molecule has 6 nitrogen and oxygen atoms in total. The first-order chi connectivity index (χ1) is 12.1. The maximum atomic E-state index is 11.9. The van der Waals surface area contributed by atoms with Gasteiger partial charge in [-0.3, -0.25) is 4.79 Å². The minimum absolute atomic E-state index is 0.0167. The van der Waals surface area contributed by atoms with Gasteiger partial charge in [-0.2, -0.15) is 0 Å². The number of nitrogens with one attached hydrogen (secondary N) is 2. The van der Waals surface area contributed by atoms with Gasteiger partial charge in [0.05, 0.1) is 0 Å². The lowest BCUT2D eigenvalue weighted by atomic mass is 10.0. The molecule has 1 aliphatic rings. The van der Waals surface area contributed by atoms with Crippen molar-refractivity contribution in [1.82, 2.24) is 15.3 Å². The van der Waals surface area contributed by atoms with Gasteiger partial charge in [-0.15, -0.1) is 0 Å². The van der Waals surface area contributed by atoms with Crippen LogP contribution in [0.4, 0.5) is 5.69 Å². The first-order valence-electron chi connectivity index (χ1n) is 8.68. The molecule has 0 unspecified atom stereocenters. The molecule has 132 valence electrons. The van der Waals surface area contributed by atoms with Crippen LogP contribution in [0.3, 0.4) is 0 Å². The van der Waals surface area contributed by atoms with Crippen LogP contribution in [-0.2, 0) is 4.79 Å². The molecule has 1 amide bonds. The molecule has 25 heavy (non-hydrogen) atoms. The number of carbonyl (C=O) groups is 1. The Labute approximate surface area is 148 Å². The third kappa shape index (κ3) is 3.96. The Balaban J connectivity index is 1.99. The second-order valence-electron chi connectivity index (χ2n) is 6.33. The van der Waals surface area contributed by atoms with E-state index in [4.69, 9.17) is 4.74 Å². The second-order valence-corrected chi connectivity index (χ2v) is 6.33. The Hall–Kier alpha value is -2.47. The molecule has 1 aromatic carbocycles. The number of aromatic nitrogens is 2. The SMILES string of the molecule is CCCC(=O)Nc1ccc(OC2CNC2)c(-c2c(C)ncnc2C)c1. The number of hydrogen-bond acceptors (Lipinski definition) is 5. The number of nitrogens with zero attached hydrogens (tertiary/aromatic N) is 2. The summed E-state index contributed by atoms with van der Waals surface area (Å²) in [6.45, 7) is 7.60. The molecule has 0 atom stereocenters. The number of rotatable bonds is 6. The van der Waals surface area contributed by atoms with Crippen molar-refractivity contribution in [1.29, 1.82) is 0 Å². The summed E-state index contributed by atoms with van der Waals surface area (Å²) < 4.78 is 6.12. The zero-order chi connectivity index (χ0) is 17.8. The Bertz CT molecular complexity index is 752. The summed E-state index contributed by atoms with van der Waals surface area (Å²) in [4.78, 5) is 20.6. The van der Waals surface area contributed by atoms with E-state index in [1.54, 1.807) is 6.33 Å². The fourth-order valence-electron chi connectivity index (χ4n) is 2.86. The third-order valence-corrected chi connectivity index (χ3v) is 4.27. The van der Waals surface area contributed by atoms with Crippen molar-refractivity contribution in [3.05, 3.63) is 35.9 Å². The molecule has 0 spiro atoms. The average Bonchev–Trinajstić information content (AvgIpc) is 2.52. The summed E-state index contributed by atoms with van der Waals surface area (Å²) in [5.74, 6) is 0.809. The van der Waals surface area contributed by atoms with E-state index in [0.29, 0.717) is 6.42 Å². The minimum atomic E-state index is 0.0167. The van der Waals surface area contributed by atoms with Crippen molar-refractivity contribution in [3.63, 3.8) is 0 Å². The van der Waals surface area contributed by atoms with Crippen LogP contribution in [0.2, 0.25) is 0 Å². The van der Waals surface area contributed by atoms with Gasteiger partial charge < -0.3 is 15.4 Å². The van der Waals surface area contributed by atoms with Crippen LogP contribution in [0, 0.1) is 13.8 Å². The molecule has 0 radical (unpaired) electrons. The van der Waals surface area contributed by atoms with Crippen LogP contribution in [0.1, 0.15) is 31.2 Å². The van der Waals surface area contributed by atoms with Crippen LogP contribution >= 0.6 is 0 Å². The van der Waals surface area contributed by atoms with Gasteiger partial charge >= 0.3 is 0 Å². The molecule has 0 saturated carbocycles. The van der Waals surface area contributed by atoms with E-state index in [-0.39, 0.29) is 12.0 Å². The quantitative estimate of drug-likeness (QED) is 0.846. The number of anilines is 1. The molecule has 2 N–H and O–H groups in total. The molecule has 0 bridgehead atoms. The number of benzene rings is 1. The monoisotopic (exact) mass is 340 g/mol. The fourth-order valence-corrected chi connectivity index (χ4v) is 2.86. The predicted octanol–water partition coefficient (Wildman–Crippen LogP) is 2.85. The van der Waals surface area contributed by atoms with Crippen molar-refractivity contribution >= 4 is 11.6 Å². The molecule has 3 rings (SSSR count). The normalized spacial score (nSPS) is 14.0. The van der Waals surface area contributed by atoms with Crippen LogP contribution in [0.5, 0.6) is 5.75 Å². The first kappa shape index (κ1) is 17.4. The van der Waals surface area contributed by atoms with E-state index in [9.17, 15) is 4.79 Å². The smallest absolute Gasteiger partial charge is 0.224 e. The van der Waals surface area contributed by atoms with E-state index in [0.717, 1.165) is 53.5 Å². The van der Waals surface area contributed by atoms with Gasteiger partial charge in [0, 0.05) is 47.7 Å². The zero-order valence-electron chi connectivity index (χ0n) is 14.9. The minimum Gasteiger partial charge on any atom is -0.487 e. The van der Waals surface area contributed by atoms with E-state index in [1.807, 2.05) is 39.0 Å². The molecule has 0 aliphatic carbocycles. The van der Waals surface area contributed by atoms with Gasteiger partial charge in [0.2, 0.25) is 5.91 Å². The van der Waals surface area contributed by atoms with Gasteiger partial charge in [0.1, 0.15) is 18.2 Å². The van der Waals surface area contributed by atoms with Crippen LogP contribution < -0.4 is 15.4 Å². The Morgan fingerprint density at radius 2 is 2.00 bits per heavy atom. The molecule has 6 heteroatoms. The lowest BCUT2D eigenvalue weighted by Crippen LogP contribution is -2.50. The van der Waals surface area contributed by atoms with Gasteiger partial charge in [0.15, 0.2) is 0 Å².